The van der Waals surface area contributed by atoms with Gasteiger partial charge in [0.05, 0.1) is 18.2 Å². The minimum absolute atomic E-state index is 0.0454. The largest absolute Gasteiger partial charge is 0.487 e. The minimum atomic E-state index is -0.0934. The summed E-state index contributed by atoms with van der Waals surface area (Å²) in [5.41, 5.74) is 0.545. The minimum Gasteiger partial charge on any atom is -0.487 e. The number of amides is 1. The maximum Gasteiger partial charge on any atom is 0.255 e. The second-order valence-electron chi connectivity index (χ2n) is 6.49. The number of halogens is 1. The third-order valence-corrected chi connectivity index (χ3v) is 4.32. The fourth-order valence-corrected chi connectivity index (χ4v) is 3.02. The zero-order chi connectivity index (χ0) is 18.5. The molecule has 0 spiro atoms. The smallest absolute Gasteiger partial charge is 0.255 e. The van der Waals surface area contributed by atoms with Crippen molar-refractivity contribution in [1.29, 1.82) is 0 Å². The number of hydrogen-bond acceptors (Lipinski definition) is 5. The average Bonchev–Trinajstić information content (AvgIpc) is 2.63. The third kappa shape index (κ3) is 4.64. The van der Waals surface area contributed by atoms with Gasteiger partial charge in [-0.3, -0.25) is 9.78 Å². The molecule has 0 radical (unpaired) electrons. The van der Waals surface area contributed by atoms with Gasteiger partial charge in [-0.05, 0) is 32.8 Å². The fourth-order valence-electron chi connectivity index (χ4n) is 2.86. The summed E-state index contributed by atoms with van der Waals surface area (Å²) in [5, 5.41) is 0.473. The highest BCUT2D eigenvalue weighted by Crippen LogP contribution is 2.26. The second kappa shape index (κ2) is 8.36. The van der Waals surface area contributed by atoms with Gasteiger partial charge in [-0.2, -0.15) is 0 Å². The number of piperidine rings is 1. The first-order chi connectivity index (χ1) is 12.5. The first-order valence-corrected chi connectivity index (χ1v) is 9.09. The number of hydrogen-bond donors (Lipinski definition) is 0. The van der Waals surface area contributed by atoms with Gasteiger partial charge in [-0.1, -0.05) is 11.6 Å². The van der Waals surface area contributed by atoms with E-state index in [9.17, 15) is 4.79 Å². The van der Waals surface area contributed by atoms with Crippen LogP contribution < -0.4 is 9.47 Å². The maximum absolute atomic E-state index is 12.8. The molecule has 3 rings (SSSR count). The van der Waals surface area contributed by atoms with Gasteiger partial charge in [0.2, 0.25) is 5.88 Å². The third-order valence-electron chi connectivity index (χ3n) is 4.03. The van der Waals surface area contributed by atoms with Crippen LogP contribution in [-0.2, 0) is 0 Å². The molecule has 1 fully saturated rings. The van der Waals surface area contributed by atoms with Crippen molar-refractivity contribution in [3.05, 3.63) is 47.4 Å². The summed E-state index contributed by atoms with van der Waals surface area (Å²) in [4.78, 5) is 22.7. The van der Waals surface area contributed by atoms with Crippen molar-refractivity contribution < 1.29 is 14.3 Å². The van der Waals surface area contributed by atoms with Gasteiger partial charge in [0.15, 0.2) is 0 Å². The Morgan fingerprint density at radius 1 is 1.31 bits per heavy atom. The monoisotopic (exact) mass is 375 g/mol. The number of nitrogens with zero attached hydrogens (tertiary/aromatic N) is 3. The quantitative estimate of drug-likeness (QED) is 0.798. The predicted octanol–water partition coefficient (Wildman–Crippen LogP) is 3.60. The lowest BCUT2D eigenvalue weighted by Crippen LogP contribution is -2.44. The number of carbonyl (C=O) groups excluding carboxylic acids is 1. The molecule has 0 aromatic carbocycles. The molecular formula is C19H22ClN3O3. The Morgan fingerprint density at radius 2 is 2.15 bits per heavy atom. The summed E-state index contributed by atoms with van der Waals surface area (Å²) < 4.78 is 11.5. The van der Waals surface area contributed by atoms with E-state index < -0.39 is 0 Å². The van der Waals surface area contributed by atoms with Gasteiger partial charge < -0.3 is 14.4 Å². The fraction of sp³-hybridized carbons (Fsp3) is 0.421. The Morgan fingerprint density at radius 3 is 2.85 bits per heavy atom. The van der Waals surface area contributed by atoms with Crippen LogP contribution >= 0.6 is 11.6 Å². The number of carbonyl (C=O) groups is 1. The van der Waals surface area contributed by atoms with Crippen LogP contribution in [0.25, 0.3) is 0 Å². The predicted molar refractivity (Wildman–Crippen MR) is 98.8 cm³/mol. The SMILES string of the molecule is CC(C)Oc1ccc(C(=O)N2CCCC(Oc3ccncc3Cl)C2)cn1. The van der Waals surface area contributed by atoms with Gasteiger partial charge >= 0.3 is 0 Å². The molecular weight excluding hydrogens is 354 g/mol. The maximum atomic E-state index is 12.8. The Balaban J connectivity index is 1.63. The van der Waals surface area contributed by atoms with Crippen molar-refractivity contribution in [2.45, 2.75) is 38.9 Å². The van der Waals surface area contributed by atoms with E-state index in [-0.39, 0.29) is 18.1 Å². The number of pyridine rings is 2. The first-order valence-electron chi connectivity index (χ1n) is 8.71. The van der Waals surface area contributed by atoms with Crippen molar-refractivity contribution >= 4 is 17.5 Å². The van der Waals surface area contributed by atoms with E-state index in [0.717, 1.165) is 12.8 Å². The Kier molecular flexibility index (Phi) is 5.93. The average molecular weight is 376 g/mol. The molecule has 2 aromatic rings. The number of rotatable bonds is 5. The molecule has 3 heterocycles. The normalized spacial score (nSPS) is 17.2. The van der Waals surface area contributed by atoms with Crippen molar-refractivity contribution in [3.8, 4) is 11.6 Å². The summed E-state index contributed by atoms with van der Waals surface area (Å²) in [6.07, 6.45) is 6.45. The van der Waals surface area contributed by atoms with E-state index in [2.05, 4.69) is 9.97 Å². The molecule has 0 N–H and O–H groups in total. The Hall–Kier alpha value is -2.34. The molecule has 1 saturated heterocycles. The second-order valence-corrected chi connectivity index (χ2v) is 6.90. The van der Waals surface area contributed by atoms with Gasteiger partial charge in [0.25, 0.3) is 5.91 Å². The molecule has 1 atom stereocenters. The van der Waals surface area contributed by atoms with Gasteiger partial charge in [-0.25, -0.2) is 4.98 Å². The van der Waals surface area contributed by atoms with Crippen LogP contribution in [0.5, 0.6) is 11.6 Å². The van der Waals surface area contributed by atoms with Crippen molar-refractivity contribution in [2.75, 3.05) is 13.1 Å². The molecule has 2 aromatic heterocycles. The lowest BCUT2D eigenvalue weighted by molar-refractivity contribution is 0.0537. The van der Waals surface area contributed by atoms with Crippen LogP contribution in [0, 0.1) is 0 Å². The highest BCUT2D eigenvalue weighted by atomic mass is 35.5. The van der Waals surface area contributed by atoms with E-state index >= 15 is 0 Å². The van der Waals surface area contributed by atoms with Crippen molar-refractivity contribution in [2.24, 2.45) is 0 Å². The van der Waals surface area contributed by atoms with Gasteiger partial charge in [0, 0.05) is 37.3 Å². The molecule has 6 nitrogen and oxygen atoms in total. The zero-order valence-electron chi connectivity index (χ0n) is 14.9. The van der Waals surface area contributed by atoms with E-state index in [1.54, 1.807) is 41.7 Å². The molecule has 1 aliphatic rings. The van der Waals surface area contributed by atoms with E-state index in [1.165, 1.54) is 0 Å². The first kappa shape index (κ1) is 18.5. The molecule has 1 unspecified atom stereocenters. The Bertz CT molecular complexity index is 752. The highest BCUT2D eigenvalue weighted by Gasteiger charge is 2.26. The molecule has 0 saturated carbocycles. The summed E-state index contributed by atoms with van der Waals surface area (Å²) >= 11 is 6.10. The Labute approximate surface area is 158 Å². The van der Waals surface area contributed by atoms with E-state index in [0.29, 0.717) is 35.3 Å². The number of likely N-dealkylation sites (tertiary alicyclic amines) is 1. The molecule has 138 valence electrons. The molecule has 1 amide bonds. The molecule has 7 heteroatoms. The number of ether oxygens (including phenoxy) is 2. The number of aromatic nitrogens is 2. The van der Waals surface area contributed by atoms with Crippen LogP contribution in [0.3, 0.4) is 0 Å². The van der Waals surface area contributed by atoms with Crippen molar-refractivity contribution in [3.63, 3.8) is 0 Å². The molecule has 26 heavy (non-hydrogen) atoms. The van der Waals surface area contributed by atoms with E-state index in [4.69, 9.17) is 21.1 Å². The standard InChI is InChI=1S/C19H22ClN3O3/c1-13(2)25-18-6-5-14(10-22-18)19(24)23-9-3-4-15(12-23)26-17-7-8-21-11-16(17)20/h5-8,10-11,13,15H,3-4,9,12H2,1-2H3. The summed E-state index contributed by atoms with van der Waals surface area (Å²) in [6.45, 7) is 5.09. The van der Waals surface area contributed by atoms with Crippen LogP contribution in [0.1, 0.15) is 37.0 Å². The summed E-state index contributed by atoms with van der Waals surface area (Å²) in [7, 11) is 0. The van der Waals surface area contributed by atoms with Crippen LogP contribution in [-0.4, -0.2) is 46.1 Å². The zero-order valence-corrected chi connectivity index (χ0v) is 15.6. The van der Waals surface area contributed by atoms with Crippen LogP contribution in [0.4, 0.5) is 0 Å². The molecule has 0 aliphatic carbocycles. The van der Waals surface area contributed by atoms with Gasteiger partial charge in [0.1, 0.15) is 16.9 Å². The summed E-state index contributed by atoms with van der Waals surface area (Å²) in [5.74, 6) is 1.06. The lowest BCUT2D eigenvalue weighted by atomic mass is 10.1. The van der Waals surface area contributed by atoms with Crippen molar-refractivity contribution in [1.82, 2.24) is 14.9 Å². The lowest BCUT2D eigenvalue weighted by Gasteiger charge is -2.33. The highest BCUT2D eigenvalue weighted by molar-refractivity contribution is 6.31. The van der Waals surface area contributed by atoms with Gasteiger partial charge in [-0.15, -0.1) is 0 Å². The molecule has 1 aliphatic heterocycles. The topological polar surface area (TPSA) is 64.5 Å². The summed E-state index contributed by atoms with van der Waals surface area (Å²) in [6, 6.07) is 5.21. The molecule has 0 bridgehead atoms. The van der Waals surface area contributed by atoms with Crippen LogP contribution in [0.15, 0.2) is 36.8 Å². The van der Waals surface area contributed by atoms with E-state index in [1.807, 2.05) is 13.8 Å². The van der Waals surface area contributed by atoms with Crippen LogP contribution in [0.2, 0.25) is 5.02 Å².